The molecule has 0 aliphatic rings. The Morgan fingerprint density at radius 1 is 1.38 bits per heavy atom. The van der Waals surface area contributed by atoms with Gasteiger partial charge in [-0.1, -0.05) is 12.1 Å². The molecule has 0 saturated carbocycles. The Bertz CT molecular complexity index is 342. The van der Waals surface area contributed by atoms with Crippen LogP contribution in [0, 0.1) is 0 Å². The van der Waals surface area contributed by atoms with E-state index in [2.05, 4.69) is 5.32 Å². The van der Waals surface area contributed by atoms with Crippen LogP contribution in [0.15, 0.2) is 24.3 Å². The Labute approximate surface area is 94.5 Å². The lowest BCUT2D eigenvalue weighted by molar-refractivity contribution is 0.197. The molecule has 0 spiro atoms. The summed E-state index contributed by atoms with van der Waals surface area (Å²) in [7, 11) is 0. The van der Waals surface area contributed by atoms with Gasteiger partial charge >= 0.3 is 6.09 Å². The number of hydrogen-bond donors (Lipinski definition) is 2. The average molecular weight is 224 g/mol. The van der Waals surface area contributed by atoms with Crippen LogP contribution >= 0.6 is 0 Å². The third-order valence-corrected chi connectivity index (χ3v) is 1.77. The summed E-state index contributed by atoms with van der Waals surface area (Å²) in [5, 5.41) is 2.51. The predicted molar refractivity (Wildman–Crippen MR) is 60.7 cm³/mol. The van der Waals surface area contributed by atoms with Gasteiger partial charge in [-0.3, -0.25) is 0 Å². The minimum Gasteiger partial charge on any atom is -0.490 e. The summed E-state index contributed by atoms with van der Waals surface area (Å²) in [5.74, 6) is 0.951. The molecule has 0 bridgehead atoms. The molecule has 0 fully saturated rings. The summed E-state index contributed by atoms with van der Waals surface area (Å²) in [6.45, 7) is 3.15. The first-order valence-electron chi connectivity index (χ1n) is 5.15. The van der Waals surface area contributed by atoms with Crippen LogP contribution in [0.2, 0.25) is 0 Å². The smallest absolute Gasteiger partial charge is 0.412 e. The summed E-state index contributed by atoms with van der Waals surface area (Å²) in [5.41, 5.74) is 5.25. The van der Waals surface area contributed by atoms with Gasteiger partial charge in [0.25, 0.3) is 0 Å². The number of amides is 1. The fourth-order valence-corrected chi connectivity index (χ4v) is 1.12. The fourth-order valence-electron chi connectivity index (χ4n) is 1.12. The second-order valence-corrected chi connectivity index (χ2v) is 2.98. The highest BCUT2D eigenvalue weighted by Gasteiger charge is 2.08. The molecule has 0 unspecified atom stereocenters. The number of carbonyl (C=O) groups is 1. The van der Waals surface area contributed by atoms with Crippen LogP contribution in [0.1, 0.15) is 6.92 Å². The first kappa shape index (κ1) is 12.3. The maximum Gasteiger partial charge on any atom is 0.412 e. The fraction of sp³-hybridized carbons (Fsp3) is 0.364. The molecular weight excluding hydrogens is 208 g/mol. The van der Waals surface area contributed by atoms with E-state index in [4.69, 9.17) is 15.2 Å². The highest BCUT2D eigenvalue weighted by molar-refractivity contribution is 5.71. The van der Waals surface area contributed by atoms with Crippen molar-refractivity contribution in [1.82, 2.24) is 5.32 Å². The van der Waals surface area contributed by atoms with E-state index >= 15 is 0 Å². The molecule has 1 aromatic carbocycles. The normalized spacial score (nSPS) is 9.62. The van der Waals surface area contributed by atoms with Crippen LogP contribution in [0.5, 0.6) is 11.5 Å². The monoisotopic (exact) mass is 224 g/mol. The zero-order chi connectivity index (χ0) is 11.8. The third kappa shape index (κ3) is 3.78. The van der Waals surface area contributed by atoms with Gasteiger partial charge in [0.15, 0.2) is 11.5 Å². The minimum atomic E-state index is -0.530. The maximum absolute atomic E-state index is 11.3. The number of nitrogens with two attached hydrogens (primary N) is 1. The van der Waals surface area contributed by atoms with E-state index in [0.717, 1.165) is 0 Å². The highest BCUT2D eigenvalue weighted by atomic mass is 16.6. The first-order chi connectivity index (χ1) is 7.77. The lowest BCUT2D eigenvalue weighted by atomic mass is 10.3. The molecule has 0 saturated heterocycles. The minimum absolute atomic E-state index is 0.377. The molecule has 0 aliphatic carbocycles. The van der Waals surface area contributed by atoms with Gasteiger partial charge in [0.05, 0.1) is 6.61 Å². The molecule has 0 heterocycles. The Balaban J connectivity index is 2.61. The topological polar surface area (TPSA) is 73.6 Å². The van der Waals surface area contributed by atoms with Crippen molar-refractivity contribution in [3.05, 3.63) is 24.3 Å². The Morgan fingerprint density at radius 3 is 2.69 bits per heavy atom. The maximum atomic E-state index is 11.3. The van der Waals surface area contributed by atoms with Crippen LogP contribution in [-0.2, 0) is 0 Å². The van der Waals surface area contributed by atoms with Gasteiger partial charge in [-0.05, 0) is 19.1 Å². The van der Waals surface area contributed by atoms with Crippen molar-refractivity contribution < 1.29 is 14.3 Å². The standard InChI is InChI=1S/C11H16N2O3/c1-2-15-9-5-3-4-6-10(9)16-11(14)13-8-7-12/h3-6H,2,7-8,12H2,1H3,(H,13,14). The van der Waals surface area contributed by atoms with Crippen molar-refractivity contribution in [3.8, 4) is 11.5 Å². The van der Waals surface area contributed by atoms with E-state index in [1.165, 1.54) is 0 Å². The van der Waals surface area contributed by atoms with Gasteiger partial charge in [0.2, 0.25) is 0 Å². The van der Waals surface area contributed by atoms with E-state index in [-0.39, 0.29) is 0 Å². The molecule has 5 nitrogen and oxygen atoms in total. The Morgan fingerprint density at radius 2 is 2.06 bits per heavy atom. The predicted octanol–water partition coefficient (Wildman–Crippen LogP) is 1.13. The van der Waals surface area contributed by atoms with E-state index < -0.39 is 6.09 Å². The summed E-state index contributed by atoms with van der Waals surface area (Å²) >= 11 is 0. The zero-order valence-corrected chi connectivity index (χ0v) is 9.23. The number of carbonyl (C=O) groups excluding carboxylic acids is 1. The number of rotatable bonds is 5. The summed E-state index contributed by atoms with van der Waals surface area (Å²) in [6, 6.07) is 7.01. The highest BCUT2D eigenvalue weighted by Crippen LogP contribution is 2.26. The zero-order valence-electron chi connectivity index (χ0n) is 9.23. The lowest BCUT2D eigenvalue weighted by Gasteiger charge is -2.10. The Hall–Kier alpha value is -1.75. The quantitative estimate of drug-likeness (QED) is 0.786. The number of hydrogen-bond acceptors (Lipinski definition) is 4. The summed E-state index contributed by atoms with van der Waals surface area (Å²) < 4.78 is 10.4. The van der Waals surface area contributed by atoms with E-state index in [1.54, 1.807) is 18.2 Å². The van der Waals surface area contributed by atoms with Crippen molar-refractivity contribution in [2.24, 2.45) is 5.73 Å². The van der Waals surface area contributed by atoms with Crippen molar-refractivity contribution in [2.45, 2.75) is 6.92 Å². The second-order valence-electron chi connectivity index (χ2n) is 2.98. The summed E-state index contributed by atoms with van der Waals surface area (Å²) in [6.07, 6.45) is -0.530. The molecule has 1 aromatic rings. The molecule has 88 valence electrons. The van der Waals surface area contributed by atoms with E-state index in [1.807, 2.05) is 13.0 Å². The molecule has 0 aliphatic heterocycles. The Kier molecular flexibility index (Phi) is 5.15. The molecule has 0 aromatic heterocycles. The molecule has 1 rings (SSSR count). The van der Waals surface area contributed by atoms with Gasteiger partial charge in [-0.15, -0.1) is 0 Å². The van der Waals surface area contributed by atoms with Gasteiger partial charge in [0, 0.05) is 13.1 Å². The third-order valence-electron chi connectivity index (χ3n) is 1.77. The number of para-hydroxylation sites is 2. The number of benzene rings is 1. The molecule has 16 heavy (non-hydrogen) atoms. The summed E-state index contributed by atoms with van der Waals surface area (Å²) in [4.78, 5) is 11.3. The van der Waals surface area contributed by atoms with Crippen LogP contribution in [0.4, 0.5) is 4.79 Å². The second kappa shape index (κ2) is 6.68. The van der Waals surface area contributed by atoms with Crippen LogP contribution in [0.25, 0.3) is 0 Å². The van der Waals surface area contributed by atoms with Crippen molar-refractivity contribution >= 4 is 6.09 Å². The molecule has 5 heteroatoms. The molecule has 0 radical (unpaired) electrons. The van der Waals surface area contributed by atoms with Crippen molar-refractivity contribution in [1.29, 1.82) is 0 Å². The average Bonchev–Trinajstić information content (AvgIpc) is 2.29. The van der Waals surface area contributed by atoms with Gasteiger partial charge in [-0.25, -0.2) is 4.79 Å². The lowest BCUT2D eigenvalue weighted by Crippen LogP contribution is -2.31. The van der Waals surface area contributed by atoms with Gasteiger partial charge in [-0.2, -0.15) is 0 Å². The van der Waals surface area contributed by atoms with Crippen LogP contribution in [0.3, 0.4) is 0 Å². The molecular formula is C11H16N2O3. The van der Waals surface area contributed by atoms with Gasteiger partial charge < -0.3 is 20.5 Å². The van der Waals surface area contributed by atoms with Crippen molar-refractivity contribution in [2.75, 3.05) is 19.7 Å². The van der Waals surface area contributed by atoms with E-state index in [0.29, 0.717) is 31.2 Å². The molecule has 1 amide bonds. The SMILES string of the molecule is CCOc1ccccc1OC(=O)NCCN. The van der Waals surface area contributed by atoms with Crippen molar-refractivity contribution in [3.63, 3.8) is 0 Å². The molecule has 3 N–H and O–H groups in total. The number of nitrogens with one attached hydrogen (secondary N) is 1. The van der Waals surface area contributed by atoms with Crippen LogP contribution < -0.4 is 20.5 Å². The largest absolute Gasteiger partial charge is 0.490 e. The van der Waals surface area contributed by atoms with Crippen LogP contribution in [-0.4, -0.2) is 25.8 Å². The van der Waals surface area contributed by atoms with E-state index in [9.17, 15) is 4.79 Å². The first-order valence-corrected chi connectivity index (χ1v) is 5.15. The van der Waals surface area contributed by atoms with Gasteiger partial charge in [0.1, 0.15) is 0 Å². The number of ether oxygens (including phenoxy) is 2. The molecule has 0 atom stereocenters.